The molecule has 0 aliphatic rings. The molecular formula is C19H22BrNO2. The number of amides is 1. The third-order valence-electron chi connectivity index (χ3n) is 3.43. The molecule has 122 valence electrons. The van der Waals surface area contributed by atoms with Gasteiger partial charge in [0.2, 0.25) is 0 Å². The summed E-state index contributed by atoms with van der Waals surface area (Å²) in [6.45, 7) is 6.99. The van der Waals surface area contributed by atoms with Crippen molar-refractivity contribution >= 4 is 27.5 Å². The summed E-state index contributed by atoms with van der Waals surface area (Å²) >= 11 is 3.47. The van der Waals surface area contributed by atoms with Crippen LogP contribution in [0, 0.1) is 12.8 Å². The van der Waals surface area contributed by atoms with Crippen molar-refractivity contribution in [2.24, 2.45) is 5.92 Å². The summed E-state index contributed by atoms with van der Waals surface area (Å²) in [6, 6.07) is 13.1. The van der Waals surface area contributed by atoms with Crippen LogP contribution in [0.15, 0.2) is 46.9 Å². The summed E-state index contributed by atoms with van der Waals surface area (Å²) in [4.78, 5) is 12.4. The smallest absolute Gasteiger partial charge is 0.255 e. The van der Waals surface area contributed by atoms with Crippen LogP contribution in [0.5, 0.6) is 5.75 Å². The van der Waals surface area contributed by atoms with Crippen LogP contribution in [0.1, 0.15) is 36.2 Å². The van der Waals surface area contributed by atoms with Gasteiger partial charge < -0.3 is 10.1 Å². The fourth-order valence-electron chi connectivity index (χ4n) is 2.06. The van der Waals surface area contributed by atoms with Gasteiger partial charge in [-0.15, -0.1) is 0 Å². The van der Waals surface area contributed by atoms with E-state index in [1.165, 1.54) is 0 Å². The molecule has 0 radical (unpaired) electrons. The quantitative estimate of drug-likeness (QED) is 0.730. The molecule has 0 aromatic heterocycles. The van der Waals surface area contributed by atoms with Gasteiger partial charge in [0.25, 0.3) is 5.91 Å². The van der Waals surface area contributed by atoms with Crippen molar-refractivity contribution < 1.29 is 9.53 Å². The molecule has 4 heteroatoms. The summed E-state index contributed by atoms with van der Waals surface area (Å²) in [5.74, 6) is 1.17. The number of rotatable bonds is 6. The number of carbonyl (C=O) groups is 1. The number of nitrogens with one attached hydrogen (secondary N) is 1. The molecule has 0 spiro atoms. The average molecular weight is 376 g/mol. The third-order valence-corrected chi connectivity index (χ3v) is 4.09. The van der Waals surface area contributed by atoms with Crippen LogP contribution in [-0.4, -0.2) is 12.5 Å². The van der Waals surface area contributed by atoms with E-state index in [9.17, 15) is 4.79 Å². The Hall–Kier alpha value is -1.81. The Morgan fingerprint density at radius 2 is 2.00 bits per heavy atom. The molecule has 3 nitrogen and oxygen atoms in total. The van der Waals surface area contributed by atoms with Gasteiger partial charge in [0, 0.05) is 10.0 Å². The summed E-state index contributed by atoms with van der Waals surface area (Å²) in [6.07, 6.45) is 0.993. The Labute approximate surface area is 146 Å². The molecule has 0 saturated heterocycles. The second-order valence-electron chi connectivity index (χ2n) is 6.00. The van der Waals surface area contributed by atoms with Gasteiger partial charge in [-0.1, -0.05) is 26.0 Å². The lowest BCUT2D eigenvalue weighted by molar-refractivity contribution is 0.102. The minimum absolute atomic E-state index is 0.149. The molecule has 0 fully saturated rings. The number of anilines is 1. The van der Waals surface area contributed by atoms with Crippen molar-refractivity contribution in [2.75, 3.05) is 11.9 Å². The maximum absolute atomic E-state index is 12.4. The van der Waals surface area contributed by atoms with Gasteiger partial charge >= 0.3 is 0 Å². The number of benzene rings is 2. The Morgan fingerprint density at radius 1 is 1.22 bits per heavy atom. The Kier molecular flexibility index (Phi) is 6.22. The Balaban J connectivity index is 2.04. The van der Waals surface area contributed by atoms with E-state index in [0.29, 0.717) is 18.1 Å². The zero-order valence-electron chi connectivity index (χ0n) is 13.7. The first kappa shape index (κ1) is 17.5. The van der Waals surface area contributed by atoms with Gasteiger partial charge in [-0.05, 0) is 71.1 Å². The Bertz CT molecular complexity index is 683. The highest BCUT2D eigenvalue weighted by molar-refractivity contribution is 9.10. The fraction of sp³-hybridized carbons (Fsp3) is 0.316. The first-order valence-corrected chi connectivity index (χ1v) is 8.55. The van der Waals surface area contributed by atoms with E-state index in [0.717, 1.165) is 27.9 Å². The molecule has 0 unspecified atom stereocenters. The largest absolute Gasteiger partial charge is 0.494 e. The summed E-state index contributed by atoms with van der Waals surface area (Å²) in [7, 11) is 0. The zero-order chi connectivity index (χ0) is 16.8. The fourth-order valence-corrected chi connectivity index (χ4v) is 2.65. The maximum atomic E-state index is 12.4. The summed E-state index contributed by atoms with van der Waals surface area (Å²) in [5.41, 5.74) is 2.47. The highest BCUT2D eigenvalue weighted by Crippen LogP contribution is 2.24. The highest BCUT2D eigenvalue weighted by Gasteiger charge is 2.09. The molecule has 1 N–H and O–H groups in total. The second-order valence-corrected chi connectivity index (χ2v) is 6.85. The molecule has 0 saturated carbocycles. The van der Waals surface area contributed by atoms with Crippen LogP contribution < -0.4 is 10.1 Å². The van der Waals surface area contributed by atoms with E-state index in [1.807, 2.05) is 37.3 Å². The maximum Gasteiger partial charge on any atom is 0.255 e. The minimum atomic E-state index is -0.149. The summed E-state index contributed by atoms with van der Waals surface area (Å²) < 4.78 is 6.58. The lowest BCUT2D eigenvalue weighted by Crippen LogP contribution is -2.12. The van der Waals surface area contributed by atoms with Crippen molar-refractivity contribution in [1.29, 1.82) is 0 Å². The molecule has 0 aliphatic heterocycles. The molecule has 0 atom stereocenters. The number of ether oxygens (including phenoxy) is 1. The number of hydrogen-bond donors (Lipinski definition) is 1. The van der Waals surface area contributed by atoms with Crippen molar-refractivity contribution in [1.82, 2.24) is 0 Å². The van der Waals surface area contributed by atoms with E-state index in [-0.39, 0.29) is 5.91 Å². The predicted molar refractivity (Wildman–Crippen MR) is 98.2 cm³/mol. The monoisotopic (exact) mass is 375 g/mol. The third kappa shape index (κ3) is 5.39. The number of hydrogen-bond acceptors (Lipinski definition) is 2. The zero-order valence-corrected chi connectivity index (χ0v) is 15.3. The second kappa shape index (κ2) is 8.16. The van der Waals surface area contributed by atoms with Crippen LogP contribution in [0.3, 0.4) is 0 Å². The number of aryl methyl sites for hydroxylation is 1. The van der Waals surface area contributed by atoms with E-state index < -0.39 is 0 Å². The molecule has 2 aromatic carbocycles. The molecule has 0 bridgehead atoms. The van der Waals surface area contributed by atoms with Crippen LogP contribution in [-0.2, 0) is 0 Å². The molecule has 0 heterocycles. The minimum Gasteiger partial charge on any atom is -0.494 e. The number of halogens is 1. The van der Waals surface area contributed by atoms with E-state index in [1.54, 1.807) is 12.1 Å². The normalized spacial score (nSPS) is 10.7. The van der Waals surface area contributed by atoms with Crippen LogP contribution in [0.25, 0.3) is 0 Å². The first-order chi connectivity index (χ1) is 11.0. The van der Waals surface area contributed by atoms with Gasteiger partial charge in [-0.3, -0.25) is 4.79 Å². The van der Waals surface area contributed by atoms with Crippen molar-refractivity contribution in [3.63, 3.8) is 0 Å². The van der Waals surface area contributed by atoms with Gasteiger partial charge in [-0.2, -0.15) is 0 Å². The lowest BCUT2D eigenvalue weighted by atomic mass is 10.1. The van der Waals surface area contributed by atoms with E-state index in [4.69, 9.17) is 4.74 Å². The molecule has 0 aliphatic carbocycles. The van der Waals surface area contributed by atoms with Crippen LogP contribution >= 0.6 is 15.9 Å². The van der Waals surface area contributed by atoms with Gasteiger partial charge in [-0.25, -0.2) is 0 Å². The standard InChI is InChI=1S/C19H22BrNO2/c1-13(2)9-10-23-16-6-4-5-15(12-16)19(22)21-18-8-7-14(3)11-17(18)20/h4-8,11-13H,9-10H2,1-3H3,(H,21,22). The van der Waals surface area contributed by atoms with Gasteiger partial charge in [0.1, 0.15) is 5.75 Å². The summed E-state index contributed by atoms with van der Waals surface area (Å²) in [5, 5.41) is 2.91. The molecule has 2 rings (SSSR count). The topological polar surface area (TPSA) is 38.3 Å². The predicted octanol–water partition coefficient (Wildman–Crippen LogP) is 5.43. The van der Waals surface area contributed by atoms with Crippen molar-refractivity contribution in [2.45, 2.75) is 27.2 Å². The SMILES string of the molecule is Cc1ccc(NC(=O)c2cccc(OCCC(C)C)c2)c(Br)c1. The van der Waals surface area contributed by atoms with E-state index in [2.05, 4.69) is 35.1 Å². The Morgan fingerprint density at radius 3 is 2.70 bits per heavy atom. The van der Waals surface area contributed by atoms with E-state index >= 15 is 0 Å². The van der Waals surface area contributed by atoms with Gasteiger partial charge in [0.15, 0.2) is 0 Å². The average Bonchev–Trinajstić information content (AvgIpc) is 2.50. The van der Waals surface area contributed by atoms with Crippen molar-refractivity contribution in [3.8, 4) is 5.75 Å². The molecule has 23 heavy (non-hydrogen) atoms. The molecular weight excluding hydrogens is 354 g/mol. The molecule has 1 amide bonds. The lowest BCUT2D eigenvalue weighted by Gasteiger charge is -2.11. The highest BCUT2D eigenvalue weighted by atomic mass is 79.9. The van der Waals surface area contributed by atoms with Gasteiger partial charge in [0.05, 0.1) is 12.3 Å². The number of carbonyl (C=O) groups excluding carboxylic acids is 1. The van der Waals surface area contributed by atoms with Crippen molar-refractivity contribution in [3.05, 3.63) is 58.1 Å². The van der Waals surface area contributed by atoms with Crippen LogP contribution in [0.2, 0.25) is 0 Å². The first-order valence-electron chi connectivity index (χ1n) is 7.76. The van der Waals surface area contributed by atoms with Crippen LogP contribution in [0.4, 0.5) is 5.69 Å². The molecule has 2 aromatic rings.